The first-order valence-electron chi connectivity index (χ1n) is 6.90. The third-order valence-corrected chi connectivity index (χ3v) is 4.30. The van der Waals surface area contributed by atoms with E-state index in [0.29, 0.717) is 18.2 Å². The van der Waals surface area contributed by atoms with Crippen molar-refractivity contribution in [2.45, 2.75) is 51.1 Å². The van der Waals surface area contributed by atoms with Crippen molar-refractivity contribution in [1.29, 1.82) is 0 Å². The van der Waals surface area contributed by atoms with E-state index in [0.717, 1.165) is 31.6 Å². The largest absolute Gasteiger partial charge is 0.368 e. The van der Waals surface area contributed by atoms with Crippen molar-refractivity contribution in [2.24, 2.45) is 5.73 Å². The highest BCUT2D eigenvalue weighted by Gasteiger charge is 2.29. The molecule has 0 spiro atoms. The molecule has 0 heterocycles. The predicted molar refractivity (Wildman–Crippen MR) is 79.0 cm³/mol. The topological polar surface area (TPSA) is 84.2 Å². The maximum absolute atomic E-state index is 11.4. The molecule has 0 aromatic heterocycles. The zero-order valence-electron chi connectivity index (χ0n) is 11.8. The first kappa shape index (κ1) is 16.3. The van der Waals surface area contributed by atoms with Crippen LogP contribution in [0.3, 0.4) is 0 Å². The van der Waals surface area contributed by atoms with Gasteiger partial charge in [0.1, 0.15) is 0 Å². The Bertz CT molecular complexity index is 321. The predicted octanol–water partition coefficient (Wildman–Crippen LogP) is 0.632. The minimum Gasteiger partial charge on any atom is -0.368 e. The summed E-state index contributed by atoms with van der Waals surface area (Å²) >= 11 is 1.61. The number of rotatable bonds is 10. The summed E-state index contributed by atoms with van der Waals surface area (Å²) < 4.78 is 0. The maximum Gasteiger partial charge on any atom is 0.237 e. The number of hydrogen-bond donors (Lipinski definition) is 3. The molecule has 19 heavy (non-hydrogen) atoms. The highest BCUT2D eigenvalue weighted by atomic mass is 32.2. The number of nitrogens with one attached hydrogen (secondary N) is 2. The Hall–Kier alpha value is -0.750. The molecule has 1 rings (SSSR count). The highest BCUT2D eigenvalue weighted by molar-refractivity contribution is 7.99. The smallest absolute Gasteiger partial charge is 0.237 e. The minimum absolute atomic E-state index is 0.122. The van der Waals surface area contributed by atoms with Gasteiger partial charge in [0.2, 0.25) is 11.8 Å². The molecular formula is C13H25N3O2S. The SMILES string of the molecule is CCNC(C)(CCCSCC(=O)NC1CC1)C(N)=O. The first-order valence-corrected chi connectivity index (χ1v) is 8.05. The molecule has 1 unspecified atom stereocenters. The van der Waals surface area contributed by atoms with Crippen LogP contribution in [0.25, 0.3) is 0 Å². The summed E-state index contributed by atoms with van der Waals surface area (Å²) in [7, 11) is 0. The number of amides is 2. The van der Waals surface area contributed by atoms with E-state index in [-0.39, 0.29) is 11.8 Å². The van der Waals surface area contributed by atoms with E-state index >= 15 is 0 Å². The summed E-state index contributed by atoms with van der Waals surface area (Å²) in [6.45, 7) is 4.51. The standard InChI is InChI=1S/C13H25N3O2S/c1-3-15-13(2,12(14)18)7-4-8-19-9-11(17)16-10-5-6-10/h10,15H,3-9H2,1-2H3,(H2,14,18)(H,16,17). The molecule has 0 radical (unpaired) electrons. The number of carbonyl (C=O) groups is 2. The van der Waals surface area contributed by atoms with Gasteiger partial charge in [-0.1, -0.05) is 6.92 Å². The number of hydrogen-bond acceptors (Lipinski definition) is 4. The number of carbonyl (C=O) groups excluding carboxylic acids is 2. The Labute approximate surface area is 119 Å². The van der Waals surface area contributed by atoms with Gasteiger partial charge in [-0.2, -0.15) is 11.8 Å². The van der Waals surface area contributed by atoms with Crippen LogP contribution < -0.4 is 16.4 Å². The Morgan fingerprint density at radius 3 is 2.63 bits per heavy atom. The fourth-order valence-corrected chi connectivity index (χ4v) is 2.64. The quantitative estimate of drug-likeness (QED) is 0.515. The Morgan fingerprint density at radius 1 is 1.42 bits per heavy atom. The van der Waals surface area contributed by atoms with Gasteiger partial charge in [0.25, 0.3) is 0 Å². The third-order valence-electron chi connectivity index (χ3n) is 3.25. The lowest BCUT2D eigenvalue weighted by Gasteiger charge is -2.26. The summed E-state index contributed by atoms with van der Waals surface area (Å²) in [5, 5.41) is 6.08. The second-order valence-corrected chi connectivity index (χ2v) is 6.33. The van der Waals surface area contributed by atoms with Crippen LogP contribution in [0, 0.1) is 0 Å². The van der Waals surface area contributed by atoms with Crippen LogP contribution in [-0.4, -0.2) is 41.4 Å². The Morgan fingerprint density at radius 2 is 2.11 bits per heavy atom. The number of thioether (sulfide) groups is 1. The van der Waals surface area contributed by atoms with Crippen molar-refractivity contribution in [2.75, 3.05) is 18.1 Å². The van der Waals surface area contributed by atoms with Crippen LogP contribution in [0.1, 0.15) is 39.5 Å². The fraction of sp³-hybridized carbons (Fsp3) is 0.846. The van der Waals surface area contributed by atoms with Crippen LogP contribution in [-0.2, 0) is 9.59 Å². The molecule has 0 aromatic rings. The molecule has 4 N–H and O–H groups in total. The molecule has 1 fully saturated rings. The van der Waals surface area contributed by atoms with Gasteiger partial charge >= 0.3 is 0 Å². The van der Waals surface area contributed by atoms with Gasteiger partial charge in [0, 0.05) is 6.04 Å². The lowest BCUT2D eigenvalue weighted by atomic mass is 9.95. The van der Waals surface area contributed by atoms with E-state index < -0.39 is 5.54 Å². The van der Waals surface area contributed by atoms with E-state index in [1.807, 2.05) is 13.8 Å². The summed E-state index contributed by atoms with van der Waals surface area (Å²) in [6, 6.07) is 0.431. The second kappa shape index (κ2) is 7.75. The molecule has 2 amide bonds. The number of primary amides is 1. The van der Waals surface area contributed by atoms with Gasteiger partial charge in [0.05, 0.1) is 11.3 Å². The van der Waals surface area contributed by atoms with E-state index in [2.05, 4.69) is 10.6 Å². The molecule has 6 heteroatoms. The summed E-state index contributed by atoms with van der Waals surface area (Å²) in [4.78, 5) is 22.8. The Kier molecular flexibility index (Phi) is 6.65. The molecule has 1 atom stereocenters. The average molecular weight is 287 g/mol. The molecule has 0 saturated heterocycles. The molecular weight excluding hydrogens is 262 g/mol. The molecule has 110 valence electrons. The molecule has 5 nitrogen and oxygen atoms in total. The van der Waals surface area contributed by atoms with Crippen molar-refractivity contribution in [3.63, 3.8) is 0 Å². The minimum atomic E-state index is -0.633. The van der Waals surface area contributed by atoms with E-state index in [1.54, 1.807) is 11.8 Å². The average Bonchev–Trinajstić information content (AvgIpc) is 3.12. The molecule has 1 aliphatic carbocycles. The van der Waals surface area contributed by atoms with Gasteiger partial charge in [-0.15, -0.1) is 0 Å². The van der Waals surface area contributed by atoms with Gasteiger partial charge in [0.15, 0.2) is 0 Å². The van der Waals surface area contributed by atoms with Crippen LogP contribution in [0.15, 0.2) is 0 Å². The summed E-state index contributed by atoms with van der Waals surface area (Å²) in [5.74, 6) is 1.18. The van der Waals surface area contributed by atoms with Crippen LogP contribution in [0.2, 0.25) is 0 Å². The van der Waals surface area contributed by atoms with Crippen molar-refractivity contribution < 1.29 is 9.59 Å². The first-order chi connectivity index (χ1) is 8.98. The van der Waals surface area contributed by atoms with Gasteiger partial charge < -0.3 is 16.4 Å². The lowest BCUT2D eigenvalue weighted by Crippen LogP contribution is -2.53. The highest BCUT2D eigenvalue weighted by Crippen LogP contribution is 2.19. The van der Waals surface area contributed by atoms with Crippen molar-refractivity contribution in [3.8, 4) is 0 Å². The maximum atomic E-state index is 11.4. The van der Waals surface area contributed by atoms with Gasteiger partial charge in [-0.3, -0.25) is 9.59 Å². The van der Waals surface area contributed by atoms with Crippen LogP contribution in [0.4, 0.5) is 0 Å². The normalized spacial score (nSPS) is 17.8. The van der Waals surface area contributed by atoms with Crippen molar-refractivity contribution in [3.05, 3.63) is 0 Å². The fourth-order valence-electron chi connectivity index (χ4n) is 1.88. The molecule has 0 aromatic carbocycles. The molecule has 0 aliphatic heterocycles. The van der Waals surface area contributed by atoms with Crippen molar-refractivity contribution in [1.82, 2.24) is 10.6 Å². The van der Waals surface area contributed by atoms with E-state index in [4.69, 9.17) is 5.73 Å². The second-order valence-electron chi connectivity index (χ2n) is 5.22. The summed E-state index contributed by atoms with van der Waals surface area (Å²) in [6.07, 6.45) is 3.81. The molecule has 0 bridgehead atoms. The zero-order valence-corrected chi connectivity index (χ0v) is 12.6. The monoisotopic (exact) mass is 287 g/mol. The van der Waals surface area contributed by atoms with E-state index in [1.165, 1.54) is 0 Å². The van der Waals surface area contributed by atoms with Crippen molar-refractivity contribution >= 4 is 23.6 Å². The zero-order chi connectivity index (χ0) is 14.3. The number of likely N-dealkylation sites (N-methyl/N-ethyl adjacent to an activating group) is 1. The van der Waals surface area contributed by atoms with E-state index in [9.17, 15) is 9.59 Å². The number of nitrogens with two attached hydrogens (primary N) is 1. The molecule has 1 aliphatic rings. The summed E-state index contributed by atoms with van der Waals surface area (Å²) in [5.41, 5.74) is 4.78. The van der Waals surface area contributed by atoms with Gasteiger partial charge in [-0.25, -0.2) is 0 Å². The lowest BCUT2D eigenvalue weighted by molar-refractivity contribution is -0.124. The molecule has 1 saturated carbocycles. The Balaban J connectivity index is 2.10. The van der Waals surface area contributed by atoms with Gasteiger partial charge in [-0.05, 0) is 44.9 Å². The van der Waals surface area contributed by atoms with Crippen LogP contribution in [0.5, 0.6) is 0 Å². The van der Waals surface area contributed by atoms with Crippen LogP contribution >= 0.6 is 11.8 Å². The third kappa shape index (κ3) is 6.29.